The minimum absolute atomic E-state index is 0.0503. The fourth-order valence-electron chi connectivity index (χ4n) is 5.33. The van der Waals surface area contributed by atoms with Gasteiger partial charge in [-0.05, 0) is 63.3 Å². The van der Waals surface area contributed by atoms with Crippen molar-refractivity contribution in [2.45, 2.75) is 62.3 Å². The summed E-state index contributed by atoms with van der Waals surface area (Å²) in [5, 5.41) is 0. The Balaban J connectivity index is 1.25. The van der Waals surface area contributed by atoms with Crippen molar-refractivity contribution >= 4 is 5.69 Å². The van der Waals surface area contributed by atoms with Gasteiger partial charge in [0.2, 0.25) is 0 Å². The third-order valence-corrected chi connectivity index (χ3v) is 7.08. The van der Waals surface area contributed by atoms with E-state index in [-0.39, 0.29) is 11.2 Å². The van der Waals surface area contributed by atoms with Crippen molar-refractivity contribution in [3.63, 3.8) is 0 Å². The molecule has 2 aromatic rings. The first-order valence-corrected chi connectivity index (χ1v) is 10.9. The summed E-state index contributed by atoms with van der Waals surface area (Å²) < 4.78 is 6.85. The van der Waals surface area contributed by atoms with Gasteiger partial charge in [0.25, 0.3) is 0 Å². The largest absolute Gasteiger partial charge is 0.366 e. The van der Waals surface area contributed by atoms with E-state index in [9.17, 15) is 0 Å². The normalized spacial score (nSPS) is 28.8. The van der Waals surface area contributed by atoms with Crippen LogP contribution >= 0.6 is 0 Å². The van der Waals surface area contributed by atoms with Crippen LogP contribution in [0.4, 0.5) is 5.69 Å². The summed E-state index contributed by atoms with van der Waals surface area (Å²) in [6.45, 7) is 3.16. The Morgan fingerprint density at radius 2 is 1.43 bits per heavy atom. The highest BCUT2D eigenvalue weighted by atomic mass is 16.5. The van der Waals surface area contributed by atoms with Gasteiger partial charge < -0.3 is 9.64 Å². The molecule has 0 amide bonds. The zero-order valence-electron chi connectivity index (χ0n) is 17.0. The van der Waals surface area contributed by atoms with Crippen LogP contribution in [0.1, 0.15) is 44.1 Å². The molecule has 148 valence electrons. The van der Waals surface area contributed by atoms with E-state index in [1.54, 1.807) is 0 Å². The van der Waals surface area contributed by atoms with Crippen molar-refractivity contribution in [1.29, 1.82) is 0 Å². The van der Waals surface area contributed by atoms with Crippen LogP contribution in [0.5, 0.6) is 0 Å². The summed E-state index contributed by atoms with van der Waals surface area (Å²) in [6, 6.07) is 22.5. The monoisotopic (exact) mass is 376 g/mol. The zero-order chi connectivity index (χ0) is 19.0. The molecule has 5 rings (SSSR count). The molecule has 1 aliphatic heterocycles. The van der Waals surface area contributed by atoms with Crippen molar-refractivity contribution in [3.05, 3.63) is 66.2 Å². The molecule has 0 atom stereocenters. The van der Waals surface area contributed by atoms with E-state index in [1.165, 1.54) is 49.8 Å². The Morgan fingerprint density at radius 3 is 2.04 bits per heavy atom. The molecule has 3 nitrogen and oxygen atoms in total. The molecular weight excluding hydrogens is 344 g/mol. The van der Waals surface area contributed by atoms with Crippen molar-refractivity contribution < 1.29 is 4.74 Å². The lowest BCUT2D eigenvalue weighted by Gasteiger charge is -2.51. The molecule has 2 saturated carbocycles. The maximum absolute atomic E-state index is 6.85. The smallest absolute Gasteiger partial charge is 0.0867 e. The van der Waals surface area contributed by atoms with Crippen molar-refractivity contribution in [1.82, 2.24) is 4.90 Å². The molecule has 0 unspecified atom stereocenters. The molecule has 0 aromatic heterocycles. The summed E-state index contributed by atoms with van der Waals surface area (Å²) in [6.07, 6.45) is 7.30. The summed E-state index contributed by atoms with van der Waals surface area (Å²) in [5.74, 6) is 0. The van der Waals surface area contributed by atoms with Gasteiger partial charge >= 0.3 is 0 Å². The SMILES string of the molecule is CN(Cc1ccccc1)C1CCC2(CC1)CN(c1ccccc1)CC1(CC1)O2. The highest BCUT2D eigenvalue weighted by Crippen LogP contribution is 2.51. The van der Waals surface area contributed by atoms with E-state index in [2.05, 4.69) is 77.5 Å². The Kier molecular flexibility index (Phi) is 4.68. The summed E-state index contributed by atoms with van der Waals surface area (Å²) >= 11 is 0. The van der Waals surface area contributed by atoms with Crippen LogP contribution in [0.15, 0.2) is 60.7 Å². The third-order valence-electron chi connectivity index (χ3n) is 7.08. The number of morpholine rings is 1. The molecule has 1 saturated heterocycles. The molecule has 0 bridgehead atoms. The second kappa shape index (κ2) is 7.20. The lowest BCUT2D eigenvalue weighted by Crippen LogP contribution is -2.59. The van der Waals surface area contributed by atoms with E-state index >= 15 is 0 Å². The molecular formula is C25H32N2O. The van der Waals surface area contributed by atoms with Crippen molar-refractivity contribution in [3.8, 4) is 0 Å². The van der Waals surface area contributed by atoms with E-state index in [0.29, 0.717) is 6.04 Å². The Hall–Kier alpha value is -1.84. The van der Waals surface area contributed by atoms with Gasteiger partial charge in [0.1, 0.15) is 0 Å². The average Bonchev–Trinajstić information content (AvgIpc) is 3.47. The van der Waals surface area contributed by atoms with Gasteiger partial charge in [0.05, 0.1) is 11.2 Å². The lowest BCUT2D eigenvalue weighted by molar-refractivity contribution is -0.144. The van der Waals surface area contributed by atoms with Gasteiger partial charge in [-0.15, -0.1) is 0 Å². The van der Waals surface area contributed by atoms with E-state index in [4.69, 9.17) is 4.74 Å². The maximum atomic E-state index is 6.85. The number of rotatable bonds is 4. The van der Waals surface area contributed by atoms with Crippen molar-refractivity contribution in [2.24, 2.45) is 0 Å². The topological polar surface area (TPSA) is 15.7 Å². The predicted octanol–water partition coefficient (Wildman–Crippen LogP) is 4.87. The molecule has 2 spiro atoms. The molecule has 2 aromatic carbocycles. The number of anilines is 1. The van der Waals surface area contributed by atoms with Gasteiger partial charge in [0, 0.05) is 31.4 Å². The molecule has 0 N–H and O–H groups in total. The van der Waals surface area contributed by atoms with Crippen LogP contribution in [-0.4, -0.2) is 42.3 Å². The number of hydrogen-bond donors (Lipinski definition) is 0. The minimum Gasteiger partial charge on any atom is -0.366 e. The van der Waals surface area contributed by atoms with E-state index < -0.39 is 0 Å². The van der Waals surface area contributed by atoms with Gasteiger partial charge in [-0.3, -0.25) is 4.90 Å². The first-order chi connectivity index (χ1) is 13.7. The highest BCUT2D eigenvalue weighted by molar-refractivity contribution is 5.48. The van der Waals surface area contributed by atoms with Crippen molar-refractivity contribution in [2.75, 3.05) is 25.0 Å². The standard InChI is InChI=1S/C25H32N2O/c1-26(18-21-8-4-2-5-9-21)22-12-14-24(15-13-22)19-27(20-25(28-24)16-17-25)23-10-6-3-7-11-23/h2-11,22H,12-20H2,1H3. The molecule has 28 heavy (non-hydrogen) atoms. The number of nitrogens with zero attached hydrogens (tertiary/aromatic N) is 2. The fourth-order valence-corrected chi connectivity index (χ4v) is 5.33. The Labute approximate surface area is 169 Å². The van der Waals surface area contributed by atoms with Gasteiger partial charge in [-0.1, -0.05) is 48.5 Å². The average molecular weight is 377 g/mol. The van der Waals surface area contributed by atoms with Gasteiger partial charge in [0.15, 0.2) is 0 Å². The number of para-hydroxylation sites is 1. The summed E-state index contributed by atoms with van der Waals surface area (Å²) in [7, 11) is 2.29. The first kappa shape index (κ1) is 18.2. The van der Waals surface area contributed by atoms with E-state index in [1.807, 2.05) is 0 Å². The third kappa shape index (κ3) is 3.70. The quantitative estimate of drug-likeness (QED) is 0.757. The van der Waals surface area contributed by atoms with Crippen LogP contribution < -0.4 is 4.90 Å². The second-order valence-electron chi connectivity index (χ2n) is 9.29. The van der Waals surface area contributed by atoms with E-state index in [0.717, 1.165) is 19.6 Å². The molecule has 1 heterocycles. The number of ether oxygens (including phenoxy) is 1. The highest BCUT2D eigenvalue weighted by Gasteiger charge is 2.56. The summed E-state index contributed by atoms with van der Waals surface area (Å²) in [4.78, 5) is 5.15. The Bertz CT molecular complexity index is 779. The Morgan fingerprint density at radius 1 is 0.857 bits per heavy atom. The van der Waals surface area contributed by atoms with Crippen LogP contribution in [0.25, 0.3) is 0 Å². The number of hydrogen-bond acceptors (Lipinski definition) is 3. The second-order valence-corrected chi connectivity index (χ2v) is 9.29. The zero-order valence-corrected chi connectivity index (χ0v) is 17.0. The van der Waals surface area contributed by atoms with Gasteiger partial charge in [-0.25, -0.2) is 0 Å². The molecule has 3 heteroatoms. The summed E-state index contributed by atoms with van der Waals surface area (Å²) in [5.41, 5.74) is 2.96. The first-order valence-electron chi connectivity index (χ1n) is 10.9. The minimum atomic E-state index is 0.0503. The molecule has 0 radical (unpaired) electrons. The fraction of sp³-hybridized carbons (Fsp3) is 0.520. The van der Waals surface area contributed by atoms with Gasteiger partial charge in [-0.2, -0.15) is 0 Å². The molecule has 3 fully saturated rings. The van der Waals surface area contributed by atoms with Crippen LogP contribution in [0, 0.1) is 0 Å². The van der Waals surface area contributed by atoms with Crippen LogP contribution in [0.2, 0.25) is 0 Å². The van der Waals surface area contributed by atoms with Crippen LogP contribution in [-0.2, 0) is 11.3 Å². The molecule has 2 aliphatic carbocycles. The lowest BCUT2D eigenvalue weighted by atomic mass is 9.79. The van der Waals surface area contributed by atoms with Crippen LogP contribution in [0.3, 0.4) is 0 Å². The predicted molar refractivity (Wildman–Crippen MR) is 115 cm³/mol. The number of benzene rings is 2. The molecule has 3 aliphatic rings. The maximum Gasteiger partial charge on any atom is 0.0867 e.